The Balaban J connectivity index is 1.90. The molecule has 1 unspecified atom stereocenters. The van der Waals surface area contributed by atoms with Crippen molar-refractivity contribution < 1.29 is 0 Å². The van der Waals surface area contributed by atoms with E-state index < -0.39 is 0 Å². The second kappa shape index (κ2) is 7.79. The summed E-state index contributed by atoms with van der Waals surface area (Å²) in [6.07, 6.45) is 11.5. The lowest BCUT2D eigenvalue weighted by atomic mass is 9.73. The lowest BCUT2D eigenvalue weighted by Gasteiger charge is -2.41. The molecule has 0 radical (unpaired) electrons. The summed E-state index contributed by atoms with van der Waals surface area (Å²) in [5.41, 5.74) is 0.574. The van der Waals surface area contributed by atoms with Crippen molar-refractivity contribution in [1.29, 1.82) is 0 Å². The maximum atomic E-state index is 3.48. The van der Waals surface area contributed by atoms with Gasteiger partial charge in [0.1, 0.15) is 0 Å². The van der Waals surface area contributed by atoms with Crippen molar-refractivity contribution in [1.82, 2.24) is 10.2 Å². The van der Waals surface area contributed by atoms with E-state index in [1.54, 1.807) is 0 Å². The molecule has 0 aromatic rings. The molecule has 1 saturated heterocycles. The van der Waals surface area contributed by atoms with Gasteiger partial charge in [0.2, 0.25) is 0 Å². The fourth-order valence-corrected chi connectivity index (χ4v) is 4.55. The molecule has 2 aliphatic rings. The molecule has 0 aromatic heterocycles. The van der Waals surface area contributed by atoms with E-state index in [1.165, 1.54) is 77.5 Å². The normalized spacial score (nSPS) is 28.5. The highest BCUT2D eigenvalue weighted by atomic mass is 15.1. The van der Waals surface area contributed by atoms with Crippen LogP contribution in [-0.4, -0.2) is 38.1 Å². The Morgan fingerprint density at radius 1 is 1.05 bits per heavy atom. The average Bonchev–Trinajstić information content (AvgIpc) is 2.65. The van der Waals surface area contributed by atoms with Gasteiger partial charge in [0, 0.05) is 13.1 Å². The van der Waals surface area contributed by atoms with Crippen LogP contribution < -0.4 is 5.32 Å². The van der Waals surface area contributed by atoms with Gasteiger partial charge in [-0.2, -0.15) is 0 Å². The molecule has 1 heterocycles. The fourth-order valence-electron chi connectivity index (χ4n) is 4.55. The first-order valence-corrected chi connectivity index (χ1v) is 9.02. The summed E-state index contributed by atoms with van der Waals surface area (Å²) in [6.45, 7) is 10.1. The molecule has 2 heteroatoms. The van der Waals surface area contributed by atoms with Gasteiger partial charge >= 0.3 is 0 Å². The topological polar surface area (TPSA) is 15.3 Å². The highest BCUT2D eigenvalue weighted by Gasteiger charge is 2.33. The SMILES string of the molecule is CNCC1(CN2CCCC(C(C)C)CC2)CCCCC1. The first-order chi connectivity index (χ1) is 9.65. The number of likely N-dealkylation sites (tertiary alicyclic amines) is 1. The van der Waals surface area contributed by atoms with Gasteiger partial charge in [-0.1, -0.05) is 33.1 Å². The van der Waals surface area contributed by atoms with Gasteiger partial charge in [0.25, 0.3) is 0 Å². The smallest absolute Gasteiger partial charge is 0.00501 e. The minimum Gasteiger partial charge on any atom is -0.319 e. The van der Waals surface area contributed by atoms with Crippen molar-refractivity contribution in [2.75, 3.05) is 33.2 Å². The first kappa shape index (κ1) is 16.3. The van der Waals surface area contributed by atoms with Gasteiger partial charge in [0.15, 0.2) is 0 Å². The Morgan fingerprint density at radius 2 is 1.80 bits per heavy atom. The van der Waals surface area contributed by atoms with Crippen LogP contribution in [0.15, 0.2) is 0 Å². The van der Waals surface area contributed by atoms with Crippen LogP contribution in [0.25, 0.3) is 0 Å². The van der Waals surface area contributed by atoms with Crippen LogP contribution in [0.1, 0.15) is 65.2 Å². The van der Waals surface area contributed by atoms with Crippen molar-refractivity contribution in [2.45, 2.75) is 65.2 Å². The van der Waals surface area contributed by atoms with Crippen LogP contribution in [0.4, 0.5) is 0 Å². The third kappa shape index (κ3) is 4.46. The summed E-state index contributed by atoms with van der Waals surface area (Å²) in [6, 6.07) is 0. The van der Waals surface area contributed by atoms with E-state index in [4.69, 9.17) is 0 Å². The standard InChI is InChI=1S/C18H36N2/c1-16(2)17-8-7-12-20(13-9-17)15-18(14-19-3)10-5-4-6-11-18/h16-17,19H,4-15H2,1-3H3. The molecule has 0 spiro atoms. The molecule has 1 aliphatic carbocycles. The zero-order valence-corrected chi connectivity index (χ0v) is 14.1. The molecular formula is C18H36N2. The van der Waals surface area contributed by atoms with E-state index >= 15 is 0 Å². The van der Waals surface area contributed by atoms with E-state index in [2.05, 4.69) is 31.1 Å². The molecular weight excluding hydrogens is 244 g/mol. The van der Waals surface area contributed by atoms with Crippen LogP contribution >= 0.6 is 0 Å². The highest BCUT2D eigenvalue weighted by molar-refractivity contribution is 4.88. The Hall–Kier alpha value is -0.0800. The molecule has 2 nitrogen and oxygen atoms in total. The summed E-state index contributed by atoms with van der Waals surface area (Å²) < 4.78 is 0. The molecule has 20 heavy (non-hydrogen) atoms. The van der Waals surface area contributed by atoms with Crippen molar-refractivity contribution in [3.8, 4) is 0 Å². The molecule has 1 aliphatic heterocycles. The Morgan fingerprint density at radius 3 is 2.45 bits per heavy atom. The number of hydrogen-bond acceptors (Lipinski definition) is 2. The maximum absolute atomic E-state index is 3.48. The Kier molecular flexibility index (Phi) is 6.35. The zero-order valence-electron chi connectivity index (χ0n) is 14.1. The number of nitrogens with one attached hydrogen (secondary N) is 1. The quantitative estimate of drug-likeness (QED) is 0.821. The monoisotopic (exact) mass is 280 g/mol. The van der Waals surface area contributed by atoms with Crippen molar-refractivity contribution in [3.63, 3.8) is 0 Å². The van der Waals surface area contributed by atoms with E-state index in [-0.39, 0.29) is 0 Å². The molecule has 118 valence electrons. The maximum Gasteiger partial charge on any atom is 0.00501 e. The van der Waals surface area contributed by atoms with E-state index in [0.717, 1.165) is 11.8 Å². The summed E-state index contributed by atoms with van der Waals surface area (Å²) in [5, 5.41) is 3.48. The lowest BCUT2D eigenvalue weighted by molar-refractivity contribution is 0.105. The Labute approximate surface area is 126 Å². The van der Waals surface area contributed by atoms with Gasteiger partial charge in [-0.25, -0.2) is 0 Å². The second-order valence-corrected chi connectivity index (χ2v) is 7.80. The van der Waals surface area contributed by atoms with Crippen molar-refractivity contribution >= 4 is 0 Å². The van der Waals surface area contributed by atoms with Crippen LogP contribution in [-0.2, 0) is 0 Å². The van der Waals surface area contributed by atoms with E-state index in [9.17, 15) is 0 Å². The minimum atomic E-state index is 0.574. The molecule has 2 fully saturated rings. The number of hydrogen-bond donors (Lipinski definition) is 1. The number of nitrogens with zero attached hydrogens (tertiary/aromatic N) is 1. The van der Waals surface area contributed by atoms with Crippen LogP contribution in [0.5, 0.6) is 0 Å². The predicted octanol–water partition coefficient (Wildman–Crippen LogP) is 3.91. The van der Waals surface area contributed by atoms with Gasteiger partial charge in [-0.05, 0) is 69.5 Å². The summed E-state index contributed by atoms with van der Waals surface area (Å²) >= 11 is 0. The van der Waals surface area contributed by atoms with Crippen LogP contribution in [0.3, 0.4) is 0 Å². The van der Waals surface area contributed by atoms with E-state index in [1.807, 2.05) is 0 Å². The lowest BCUT2D eigenvalue weighted by Crippen LogP contribution is -2.45. The third-order valence-corrected chi connectivity index (χ3v) is 5.83. The molecule has 1 saturated carbocycles. The third-order valence-electron chi connectivity index (χ3n) is 5.83. The van der Waals surface area contributed by atoms with Gasteiger partial charge in [-0.15, -0.1) is 0 Å². The summed E-state index contributed by atoms with van der Waals surface area (Å²) in [5.74, 6) is 1.84. The average molecular weight is 280 g/mol. The molecule has 1 N–H and O–H groups in total. The van der Waals surface area contributed by atoms with Gasteiger partial charge < -0.3 is 10.2 Å². The molecule has 0 aromatic carbocycles. The fraction of sp³-hybridized carbons (Fsp3) is 1.00. The second-order valence-electron chi connectivity index (χ2n) is 7.80. The molecule has 0 bridgehead atoms. The Bertz CT molecular complexity index is 263. The van der Waals surface area contributed by atoms with Crippen molar-refractivity contribution in [3.05, 3.63) is 0 Å². The predicted molar refractivity (Wildman–Crippen MR) is 88.1 cm³/mol. The van der Waals surface area contributed by atoms with Crippen LogP contribution in [0, 0.1) is 17.3 Å². The molecule has 1 atom stereocenters. The van der Waals surface area contributed by atoms with E-state index in [0.29, 0.717) is 5.41 Å². The minimum absolute atomic E-state index is 0.574. The van der Waals surface area contributed by atoms with Gasteiger partial charge in [0.05, 0.1) is 0 Å². The summed E-state index contributed by atoms with van der Waals surface area (Å²) in [7, 11) is 2.13. The molecule has 2 rings (SSSR count). The highest BCUT2D eigenvalue weighted by Crippen LogP contribution is 2.37. The molecule has 0 amide bonds. The van der Waals surface area contributed by atoms with Crippen LogP contribution in [0.2, 0.25) is 0 Å². The largest absolute Gasteiger partial charge is 0.319 e. The zero-order chi connectivity index (χ0) is 14.4. The summed E-state index contributed by atoms with van der Waals surface area (Å²) in [4.78, 5) is 2.80. The number of rotatable bonds is 5. The van der Waals surface area contributed by atoms with Crippen molar-refractivity contribution in [2.24, 2.45) is 17.3 Å². The van der Waals surface area contributed by atoms with Gasteiger partial charge in [-0.3, -0.25) is 0 Å². The first-order valence-electron chi connectivity index (χ1n) is 9.02.